The van der Waals surface area contributed by atoms with E-state index in [4.69, 9.17) is 23.4 Å². The van der Waals surface area contributed by atoms with E-state index >= 15 is 0 Å². The zero-order valence-corrected chi connectivity index (χ0v) is 24.1. The third-order valence-corrected chi connectivity index (χ3v) is 7.88. The van der Waals surface area contributed by atoms with Crippen molar-refractivity contribution < 1.29 is 68.7 Å². The van der Waals surface area contributed by atoms with Crippen LogP contribution in [0, 0.1) is 11.8 Å². The predicted molar refractivity (Wildman–Crippen MR) is 150 cm³/mol. The van der Waals surface area contributed by atoms with Crippen molar-refractivity contribution in [2.75, 3.05) is 0 Å². The molecule has 2 saturated heterocycles. The molecule has 5 rings (SSSR count). The molecular weight excluding hydrogens is 600 g/mol. The quantitative estimate of drug-likeness (QED) is 0.180. The number of aliphatic hydroxyl groups is 5. The van der Waals surface area contributed by atoms with Gasteiger partial charge in [-0.1, -0.05) is 0 Å². The van der Waals surface area contributed by atoms with Crippen LogP contribution in [0.1, 0.15) is 20.8 Å². The minimum atomic E-state index is -1.96. The number of benzene rings is 2. The Morgan fingerprint density at radius 3 is 2.04 bits per heavy atom. The number of phenols is 2. The lowest BCUT2D eigenvalue weighted by Crippen LogP contribution is -2.58. The Labute approximate surface area is 254 Å². The molecular formula is C30H32O15. The summed E-state index contributed by atoms with van der Waals surface area (Å²) in [4.78, 5) is 39.0. The largest absolute Gasteiger partial charge is 0.508 e. The van der Waals surface area contributed by atoms with E-state index in [9.17, 15) is 50.1 Å². The molecule has 2 aromatic carbocycles. The molecule has 242 valence electrons. The SMILES string of the molecule is CC(=O)C1C(Oc2c(-c3ccc(O)cc3)oc3cc(OC4OC(C)C(O)C(O)C4O)cc(O)c3c2=O)OC(O)C(O)C1C(C)=O. The maximum atomic E-state index is 13.9. The first-order valence-electron chi connectivity index (χ1n) is 13.9. The molecule has 2 aliphatic rings. The Bertz CT molecular complexity index is 1650. The van der Waals surface area contributed by atoms with Gasteiger partial charge in [0.05, 0.1) is 17.9 Å². The second-order valence-electron chi connectivity index (χ2n) is 11.0. The fourth-order valence-corrected chi connectivity index (χ4v) is 5.50. The summed E-state index contributed by atoms with van der Waals surface area (Å²) in [5.41, 5.74) is -1.06. The van der Waals surface area contributed by atoms with Gasteiger partial charge < -0.3 is 59.1 Å². The lowest BCUT2D eigenvalue weighted by molar-refractivity contribution is -0.289. The highest BCUT2D eigenvalue weighted by Crippen LogP contribution is 2.40. The van der Waals surface area contributed by atoms with Crippen molar-refractivity contribution in [2.24, 2.45) is 11.8 Å². The van der Waals surface area contributed by atoms with E-state index in [0.29, 0.717) is 0 Å². The Hall–Kier alpha value is -4.09. The molecule has 7 N–H and O–H groups in total. The van der Waals surface area contributed by atoms with Crippen LogP contribution in [0.15, 0.2) is 45.6 Å². The highest BCUT2D eigenvalue weighted by Gasteiger charge is 2.51. The number of ether oxygens (including phenoxy) is 4. The fourth-order valence-electron chi connectivity index (χ4n) is 5.50. The normalized spacial score (nSPS) is 31.8. The highest BCUT2D eigenvalue weighted by molar-refractivity contribution is 5.89. The number of phenolic OH excluding ortho intramolecular Hbond substituents is 2. The van der Waals surface area contributed by atoms with Gasteiger partial charge in [-0.3, -0.25) is 14.4 Å². The third kappa shape index (κ3) is 5.98. The van der Waals surface area contributed by atoms with Gasteiger partial charge in [-0.25, -0.2) is 0 Å². The Balaban J connectivity index is 1.62. The zero-order chi connectivity index (χ0) is 32.9. The van der Waals surface area contributed by atoms with Crippen molar-refractivity contribution in [1.29, 1.82) is 0 Å². The van der Waals surface area contributed by atoms with Crippen molar-refractivity contribution >= 4 is 22.5 Å². The topological polar surface area (TPSA) is 243 Å². The van der Waals surface area contributed by atoms with Crippen LogP contribution in [-0.2, 0) is 19.1 Å². The van der Waals surface area contributed by atoms with Gasteiger partial charge >= 0.3 is 0 Å². The van der Waals surface area contributed by atoms with Gasteiger partial charge in [0.1, 0.15) is 64.2 Å². The van der Waals surface area contributed by atoms with Crippen molar-refractivity contribution in [1.82, 2.24) is 0 Å². The van der Waals surface area contributed by atoms with Gasteiger partial charge in [0.25, 0.3) is 0 Å². The van der Waals surface area contributed by atoms with Crippen LogP contribution in [-0.4, -0.2) is 96.7 Å². The maximum absolute atomic E-state index is 13.9. The van der Waals surface area contributed by atoms with Crippen molar-refractivity contribution in [2.45, 2.75) is 70.2 Å². The first-order chi connectivity index (χ1) is 21.2. The van der Waals surface area contributed by atoms with Gasteiger partial charge in [-0.15, -0.1) is 0 Å². The number of carbonyl (C=O) groups excluding carboxylic acids is 2. The van der Waals surface area contributed by atoms with Crippen LogP contribution in [0.5, 0.6) is 23.0 Å². The average molecular weight is 633 g/mol. The highest BCUT2D eigenvalue weighted by atomic mass is 16.7. The van der Waals surface area contributed by atoms with Crippen LogP contribution in [0.4, 0.5) is 0 Å². The van der Waals surface area contributed by atoms with Crippen molar-refractivity contribution in [3.05, 3.63) is 46.6 Å². The van der Waals surface area contributed by atoms with Crippen LogP contribution in [0.2, 0.25) is 0 Å². The van der Waals surface area contributed by atoms with E-state index in [0.717, 1.165) is 19.9 Å². The molecule has 2 aliphatic heterocycles. The smallest absolute Gasteiger partial charge is 0.239 e. The fraction of sp³-hybridized carbons (Fsp3) is 0.433. The molecule has 3 heterocycles. The van der Waals surface area contributed by atoms with Gasteiger partial charge in [0.15, 0.2) is 12.1 Å². The summed E-state index contributed by atoms with van der Waals surface area (Å²) in [7, 11) is 0. The molecule has 15 nitrogen and oxygen atoms in total. The van der Waals surface area contributed by atoms with Gasteiger partial charge in [-0.2, -0.15) is 0 Å². The van der Waals surface area contributed by atoms with Crippen LogP contribution >= 0.6 is 0 Å². The lowest BCUT2D eigenvalue weighted by atomic mass is 9.79. The second kappa shape index (κ2) is 12.4. The standard InChI is InChI=1S/C30H32O15/c1-10(31)18-19(11(2)32)29(45-28(40)23(18)37)44-27-22(36)20-16(34)8-15(42-30-25(39)24(38)21(35)12(3)41-30)9-17(20)43-26(27)13-4-6-14(33)7-5-13/h4-9,12,18-19,21,23-25,28-30,33-35,37-40H,1-3H3. The van der Waals surface area contributed by atoms with Crippen molar-refractivity contribution in [3.8, 4) is 34.3 Å². The third-order valence-electron chi connectivity index (χ3n) is 7.88. The molecule has 0 aliphatic carbocycles. The number of Topliss-reactive ketones (excluding diaryl/α,β-unsaturated/α-hetero) is 2. The summed E-state index contributed by atoms with van der Waals surface area (Å²) < 4.78 is 28.2. The summed E-state index contributed by atoms with van der Waals surface area (Å²) >= 11 is 0. The molecule has 2 fully saturated rings. The number of ketones is 2. The molecule has 10 unspecified atom stereocenters. The maximum Gasteiger partial charge on any atom is 0.239 e. The average Bonchev–Trinajstić information content (AvgIpc) is 2.97. The first kappa shape index (κ1) is 32.3. The van der Waals surface area contributed by atoms with Crippen molar-refractivity contribution in [3.63, 3.8) is 0 Å². The molecule has 45 heavy (non-hydrogen) atoms. The van der Waals surface area contributed by atoms with E-state index in [1.165, 1.54) is 37.3 Å². The van der Waals surface area contributed by atoms with E-state index in [-0.39, 0.29) is 28.4 Å². The molecule has 10 atom stereocenters. The summed E-state index contributed by atoms with van der Waals surface area (Å²) in [6, 6.07) is 7.49. The molecule has 1 aromatic heterocycles. The van der Waals surface area contributed by atoms with E-state index < -0.39 is 95.1 Å². The Kier molecular flexibility index (Phi) is 8.88. The molecule has 0 saturated carbocycles. The summed E-state index contributed by atoms with van der Waals surface area (Å²) in [5, 5.41) is 71.4. The van der Waals surface area contributed by atoms with E-state index in [1.54, 1.807) is 0 Å². The monoisotopic (exact) mass is 632 g/mol. The van der Waals surface area contributed by atoms with Gasteiger partial charge in [0, 0.05) is 17.7 Å². The minimum Gasteiger partial charge on any atom is -0.508 e. The number of carbonyl (C=O) groups is 2. The van der Waals surface area contributed by atoms with Gasteiger partial charge in [0.2, 0.25) is 23.8 Å². The number of rotatable bonds is 7. The van der Waals surface area contributed by atoms with E-state index in [1.807, 2.05) is 0 Å². The molecule has 3 aromatic rings. The molecule has 0 bridgehead atoms. The number of fused-ring (bicyclic) bond motifs is 1. The summed E-state index contributed by atoms with van der Waals surface area (Å²) in [6.07, 6.45) is -12.6. The van der Waals surface area contributed by atoms with E-state index in [2.05, 4.69) is 0 Å². The Morgan fingerprint density at radius 2 is 1.42 bits per heavy atom. The predicted octanol–water partition coefficient (Wildman–Crippen LogP) is -0.0977. The van der Waals surface area contributed by atoms with Crippen LogP contribution in [0.25, 0.3) is 22.3 Å². The Morgan fingerprint density at radius 1 is 0.778 bits per heavy atom. The number of aliphatic hydroxyl groups excluding tert-OH is 5. The van der Waals surface area contributed by atoms with Crippen LogP contribution < -0.4 is 14.9 Å². The molecule has 0 radical (unpaired) electrons. The minimum absolute atomic E-state index is 0.126. The number of hydrogen-bond donors (Lipinski definition) is 7. The zero-order valence-electron chi connectivity index (χ0n) is 24.1. The molecule has 0 spiro atoms. The molecule has 0 amide bonds. The van der Waals surface area contributed by atoms with Gasteiger partial charge in [-0.05, 0) is 45.0 Å². The first-order valence-corrected chi connectivity index (χ1v) is 13.9. The second-order valence-corrected chi connectivity index (χ2v) is 11.0. The molecule has 15 heteroatoms. The summed E-state index contributed by atoms with van der Waals surface area (Å²) in [6.45, 7) is 3.68. The number of hydrogen-bond acceptors (Lipinski definition) is 15. The lowest BCUT2D eigenvalue weighted by Gasteiger charge is -2.40. The van der Waals surface area contributed by atoms with Crippen LogP contribution in [0.3, 0.4) is 0 Å². The summed E-state index contributed by atoms with van der Waals surface area (Å²) in [5.74, 6) is -6.03. The number of aromatic hydroxyl groups is 2.